The van der Waals surface area contributed by atoms with Gasteiger partial charge >= 0.3 is 0 Å². The van der Waals surface area contributed by atoms with Crippen LogP contribution in [0.4, 0.5) is 0 Å². The SMILES string of the molecule is CCC1CNC(C)c2cc(OC)ccc21. The second-order valence-electron chi connectivity index (χ2n) is 4.23. The topological polar surface area (TPSA) is 21.3 Å². The van der Waals surface area contributed by atoms with E-state index in [1.165, 1.54) is 17.5 Å². The first-order valence-electron chi connectivity index (χ1n) is 5.67. The van der Waals surface area contributed by atoms with Crippen molar-refractivity contribution in [3.8, 4) is 5.75 Å². The van der Waals surface area contributed by atoms with E-state index >= 15 is 0 Å². The Kier molecular flexibility index (Phi) is 2.96. The monoisotopic (exact) mass is 205 g/mol. The minimum atomic E-state index is 0.442. The summed E-state index contributed by atoms with van der Waals surface area (Å²) in [6.45, 7) is 5.55. The summed E-state index contributed by atoms with van der Waals surface area (Å²) < 4.78 is 5.27. The number of methoxy groups -OCH3 is 1. The van der Waals surface area contributed by atoms with Gasteiger partial charge in [-0.25, -0.2) is 0 Å². The van der Waals surface area contributed by atoms with Crippen molar-refractivity contribution in [3.05, 3.63) is 29.3 Å². The molecular formula is C13H19NO. The quantitative estimate of drug-likeness (QED) is 0.801. The zero-order valence-corrected chi connectivity index (χ0v) is 9.71. The Bertz CT molecular complexity index is 348. The van der Waals surface area contributed by atoms with E-state index in [9.17, 15) is 0 Å². The van der Waals surface area contributed by atoms with E-state index in [4.69, 9.17) is 4.74 Å². The molecule has 0 saturated carbocycles. The van der Waals surface area contributed by atoms with Gasteiger partial charge in [0.1, 0.15) is 5.75 Å². The molecule has 2 heteroatoms. The fraction of sp³-hybridized carbons (Fsp3) is 0.538. The molecule has 2 atom stereocenters. The molecule has 0 fully saturated rings. The van der Waals surface area contributed by atoms with Crippen molar-refractivity contribution in [3.63, 3.8) is 0 Å². The maximum atomic E-state index is 5.27. The first kappa shape index (κ1) is 10.5. The zero-order valence-electron chi connectivity index (χ0n) is 9.71. The standard InChI is InChI=1S/C13H19NO/c1-4-10-8-14-9(2)13-7-11(15-3)5-6-12(10)13/h5-7,9-10,14H,4,8H2,1-3H3. The smallest absolute Gasteiger partial charge is 0.119 e. The van der Waals surface area contributed by atoms with Crippen molar-refractivity contribution in [2.75, 3.05) is 13.7 Å². The van der Waals surface area contributed by atoms with E-state index in [1.807, 2.05) is 0 Å². The van der Waals surface area contributed by atoms with Crippen LogP contribution in [0.2, 0.25) is 0 Å². The third kappa shape index (κ3) is 1.86. The summed E-state index contributed by atoms with van der Waals surface area (Å²) in [5.74, 6) is 1.61. The number of hydrogen-bond donors (Lipinski definition) is 1. The Balaban J connectivity index is 2.42. The van der Waals surface area contributed by atoms with Crippen LogP contribution in [0.25, 0.3) is 0 Å². The third-order valence-electron chi connectivity index (χ3n) is 3.36. The minimum Gasteiger partial charge on any atom is -0.497 e. The molecular weight excluding hydrogens is 186 g/mol. The molecule has 82 valence electrons. The van der Waals surface area contributed by atoms with Crippen molar-refractivity contribution in [1.82, 2.24) is 5.32 Å². The molecule has 1 heterocycles. The van der Waals surface area contributed by atoms with Crippen molar-refractivity contribution in [2.45, 2.75) is 32.2 Å². The molecule has 2 rings (SSSR count). The van der Waals surface area contributed by atoms with E-state index in [0.29, 0.717) is 12.0 Å². The molecule has 1 N–H and O–H groups in total. The molecule has 0 aromatic heterocycles. The van der Waals surface area contributed by atoms with Gasteiger partial charge in [-0.3, -0.25) is 0 Å². The van der Waals surface area contributed by atoms with E-state index in [2.05, 4.69) is 37.4 Å². The number of rotatable bonds is 2. The van der Waals surface area contributed by atoms with Crippen LogP contribution in [-0.4, -0.2) is 13.7 Å². The van der Waals surface area contributed by atoms with Gasteiger partial charge in [0.2, 0.25) is 0 Å². The largest absolute Gasteiger partial charge is 0.497 e. The van der Waals surface area contributed by atoms with Crippen LogP contribution in [0.3, 0.4) is 0 Å². The summed E-state index contributed by atoms with van der Waals surface area (Å²) in [6, 6.07) is 6.89. The van der Waals surface area contributed by atoms with Gasteiger partial charge in [-0.15, -0.1) is 0 Å². The van der Waals surface area contributed by atoms with Crippen LogP contribution in [-0.2, 0) is 0 Å². The Morgan fingerprint density at radius 3 is 2.87 bits per heavy atom. The molecule has 2 unspecified atom stereocenters. The Labute approximate surface area is 91.6 Å². The Morgan fingerprint density at radius 1 is 1.40 bits per heavy atom. The van der Waals surface area contributed by atoms with Crippen LogP contribution in [0.1, 0.15) is 43.4 Å². The van der Waals surface area contributed by atoms with Crippen LogP contribution >= 0.6 is 0 Å². The highest BCUT2D eigenvalue weighted by Crippen LogP contribution is 2.33. The van der Waals surface area contributed by atoms with Crippen LogP contribution in [0.15, 0.2) is 18.2 Å². The molecule has 1 aliphatic heterocycles. The maximum absolute atomic E-state index is 5.27. The lowest BCUT2D eigenvalue weighted by atomic mass is 9.85. The summed E-state index contributed by atoms with van der Waals surface area (Å²) >= 11 is 0. The molecule has 1 aromatic carbocycles. The molecule has 0 amide bonds. The van der Waals surface area contributed by atoms with Crippen molar-refractivity contribution < 1.29 is 4.74 Å². The second-order valence-corrected chi connectivity index (χ2v) is 4.23. The average molecular weight is 205 g/mol. The fourth-order valence-electron chi connectivity index (χ4n) is 2.33. The predicted molar refractivity (Wildman–Crippen MR) is 62.4 cm³/mol. The van der Waals surface area contributed by atoms with Crippen LogP contribution in [0, 0.1) is 0 Å². The van der Waals surface area contributed by atoms with E-state index in [-0.39, 0.29) is 0 Å². The molecule has 0 saturated heterocycles. The second kappa shape index (κ2) is 4.23. The number of hydrogen-bond acceptors (Lipinski definition) is 2. The van der Waals surface area contributed by atoms with Gasteiger partial charge in [0.05, 0.1) is 7.11 Å². The van der Waals surface area contributed by atoms with Crippen molar-refractivity contribution in [1.29, 1.82) is 0 Å². The minimum absolute atomic E-state index is 0.442. The van der Waals surface area contributed by atoms with Crippen molar-refractivity contribution >= 4 is 0 Å². The highest BCUT2D eigenvalue weighted by atomic mass is 16.5. The zero-order chi connectivity index (χ0) is 10.8. The van der Waals surface area contributed by atoms with Gasteiger partial charge in [0, 0.05) is 12.6 Å². The predicted octanol–water partition coefficient (Wildman–Crippen LogP) is 2.85. The molecule has 1 aromatic rings. The van der Waals surface area contributed by atoms with Crippen molar-refractivity contribution in [2.24, 2.45) is 0 Å². The lowest BCUT2D eigenvalue weighted by molar-refractivity contribution is 0.409. The summed E-state index contributed by atoms with van der Waals surface area (Å²) in [5.41, 5.74) is 2.89. The van der Waals surface area contributed by atoms with Gasteiger partial charge in [-0.05, 0) is 42.5 Å². The number of fused-ring (bicyclic) bond motifs is 1. The summed E-state index contributed by atoms with van der Waals surface area (Å²) in [7, 11) is 1.72. The Morgan fingerprint density at radius 2 is 2.20 bits per heavy atom. The maximum Gasteiger partial charge on any atom is 0.119 e. The number of ether oxygens (including phenoxy) is 1. The molecule has 0 bridgehead atoms. The molecule has 0 spiro atoms. The summed E-state index contributed by atoms with van der Waals surface area (Å²) in [4.78, 5) is 0. The van der Waals surface area contributed by atoms with Gasteiger partial charge in [-0.1, -0.05) is 13.0 Å². The first-order valence-corrected chi connectivity index (χ1v) is 5.67. The van der Waals surface area contributed by atoms with Crippen LogP contribution < -0.4 is 10.1 Å². The Hall–Kier alpha value is -1.02. The third-order valence-corrected chi connectivity index (χ3v) is 3.36. The van der Waals surface area contributed by atoms with Gasteiger partial charge < -0.3 is 10.1 Å². The normalized spacial score (nSPS) is 24.7. The molecule has 0 aliphatic carbocycles. The average Bonchev–Trinajstić information content (AvgIpc) is 2.29. The van der Waals surface area contributed by atoms with Gasteiger partial charge in [-0.2, -0.15) is 0 Å². The number of benzene rings is 1. The lowest BCUT2D eigenvalue weighted by Gasteiger charge is -2.30. The molecule has 0 radical (unpaired) electrons. The summed E-state index contributed by atoms with van der Waals surface area (Å²) in [5, 5.41) is 3.53. The molecule has 2 nitrogen and oxygen atoms in total. The van der Waals surface area contributed by atoms with Crippen LogP contribution in [0.5, 0.6) is 5.75 Å². The van der Waals surface area contributed by atoms with Gasteiger partial charge in [0.25, 0.3) is 0 Å². The van der Waals surface area contributed by atoms with E-state index < -0.39 is 0 Å². The van der Waals surface area contributed by atoms with Gasteiger partial charge in [0.15, 0.2) is 0 Å². The number of nitrogens with one attached hydrogen (secondary N) is 1. The highest BCUT2D eigenvalue weighted by molar-refractivity contribution is 5.41. The van der Waals surface area contributed by atoms with E-state index in [1.54, 1.807) is 7.11 Å². The molecule has 15 heavy (non-hydrogen) atoms. The fourth-order valence-corrected chi connectivity index (χ4v) is 2.33. The van der Waals surface area contributed by atoms with E-state index in [0.717, 1.165) is 12.3 Å². The first-order chi connectivity index (χ1) is 7.26. The molecule has 1 aliphatic rings. The highest BCUT2D eigenvalue weighted by Gasteiger charge is 2.23. The lowest BCUT2D eigenvalue weighted by Crippen LogP contribution is -2.31. The summed E-state index contributed by atoms with van der Waals surface area (Å²) in [6.07, 6.45) is 1.19.